The minimum Gasteiger partial charge on any atom is -0.361 e. The summed E-state index contributed by atoms with van der Waals surface area (Å²) in [7, 11) is 0. The number of hydrogen-bond donors (Lipinski definition) is 1. The smallest absolute Gasteiger partial charge is 0.0998 e. The van der Waals surface area contributed by atoms with Crippen molar-refractivity contribution < 1.29 is 0 Å². The standard InChI is InChI=1S/C37H43N3/c1-5-9-30(36(26-10-6-11-26)32-15-8-13-29-28(23-38)12-7-14-31(29)32)27-16-17-35-33(22-27)34(24-39-35)25-18-20-40(21-19-25)37(2,3)4/h7-8,12-17,22,24-26,39H,5-6,9-11,18-21H2,1-4H3. The fourth-order valence-corrected chi connectivity index (χ4v) is 7.18. The Morgan fingerprint density at radius 2 is 1.70 bits per heavy atom. The summed E-state index contributed by atoms with van der Waals surface area (Å²) in [4.78, 5) is 6.25. The Balaban J connectivity index is 1.47. The molecule has 1 N–H and O–H groups in total. The lowest BCUT2D eigenvalue weighted by Crippen LogP contribution is -2.45. The van der Waals surface area contributed by atoms with Gasteiger partial charge in [-0.3, -0.25) is 4.90 Å². The van der Waals surface area contributed by atoms with Gasteiger partial charge in [0.05, 0.1) is 11.6 Å². The molecule has 3 heteroatoms. The molecule has 1 saturated heterocycles. The zero-order chi connectivity index (χ0) is 27.9. The molecular formula is C37H43N3. The van der Waals surface area contributed by atoms with Gasteiger partial charge in [0.1, 0.15) is 0 Å². The molecule has 0 radical (unpaired) electrons. The van der Waals surface area contributed by atoms with Gasteiger partial charge in [0.25, 0.3) is 0 Å². The number of hydrogen-bond acceptors (Lipinski definition) is 2. The van der Waals surface area contributed by atoms with Crippen LogP contribution in [0.3, 0.4) is 0 Å². The van der Waals surface area contributed by atoms with E-state index in [1.165, 1.54) is 89.3 Å². The molecule has 1 aromatic heterocycles. The van der Waals surface area contributed by atoms with E-state index in [4.69, 9.17) is 0 Å². The van der Waals surface area contributed by atoms with Crippen LogP contribution < -0.4 is 0 Å². The van der Waals surface area contributed by atoms with E-state index in [0.29, 0.717) is 11.8 Å². The number of allylic oxidation sites excluding steroid dienone is 2. The lowest BCUT2D eigenvalue weighted by Gasteiger charge is -2.41. The fourth-order valence-electron chi connectivity index (χ4n) is 7.18. The summed E-state index contributed by atoms with van der Waals surface area (Å²) in [6, 6.07) is 22.3. The molecule has 0 atom stereocenters. The van der Waals surface area contributed by atoms with E-state index in [0.717, 1.165) is 23.8 Å². The van der Waals surface area contributed by atoms with Crippen LogP contribution in [0.5, 0.6) is 0 Å². The number of fused-ring (bicyclic) bond motifs is 2. The van der Waals surface area contributed by atoms with Crippen LogP contribution >= 0.6 is 0 Å². The minimum absolute atomic E-state index is 0.242. The van der Waals surface area contributed by atoms with Crippen LogP contribution in [0.25, 0.3) is 32.8 Å². The number of rotatable bonds is 6. The van der Waals surface area contributed by atoms with Crippen molar-refractivity contribution in [3.63, 3.8) is 0 Å². The monoisotopic (exact) mass is 529 g/mol. The Labute approximate surface area is 239 Å². The summed E-state index contributed by atoms with van der Waals surface area (Å²) in [6.45, 7) is 11.6. The van der Waals surface area contributed by atoms with Gasteiger partial charge in [0, 0.05) is 28.0 Å². The highest BCUT2D eigenvalue weighted by Gasteiger charge is 2.30. The highest BCUT2D eigenvalue weighted by molar-refractivity contribution is 6.04. The van der Waals surface area contributed by atoms with E-state index in [2.05, 4.69) is 92.3 Å². The van der Waals surface area contributed by atoms with E-state index >= 15 is 0 Å². The SMILES string of the molecule is CCCC(=C(c1cccc2c(C#N)cccc12)C1CCC1)c1ccc2[nH]cc(C3CCN(C(C)(C)C)CC3)c2c1. The largest absolute Gasteiger partial charge is 0.361 e. The van der Waals surface area contributed by atoms with Crippen molar-refractivity contribution in [3.8, 4) is 6.07 Å². The van der Waals surface area contributed by atoms with E-state index in [9.17, 15) is 5.26 Å². The highest BCUT2D eigenvalue weighted by Crippen LogP contribution is 2.47. The molecule has 0 bridgehead atoms. The average Bonchev–Trinajstić information content (AvgIpc) is 3.36. The van der Waals surface area contributed by atoms with Gasteiger partial charge in [0.15, 0.2) is 0 Å². The predicted octanol–water partition coefficient (Wildman–Crippen LogP) is 9.68. The second-order valence-electron chi connectivity index (χ2n) is 13.0. The molecule has 1 aliphatic carbocycles. The van der Waals surface area contributed by atoms with E-state index in [1.807, 2.05) is 12.1 Å². The number of nitrogens with one attached hydrogen (secondary N) is 1. The number of H-pyrrole nitrogens is 1. The van der Waals surface area contributed by atoms with Crippen LogP contribution in [0.2, 0.25) is 0 Å². The zero-order valence-corrected chi connectivity index (χ0v) is 24.7. The molecule has 40 heavy (non-hydrogen) atoms. The second-order valence-corrected chi connectivity index (χ2v) is 13.0. The summed E-state index contributed by atoms with van der Waals surface area (Å²) in [5, 5.41) is 13.5. The maximum absolute atomic E-state index is 9.80. The summed E-state index contributed by atoms with van der Waals surface area (Å²) in [6.07, 6.45) is 10.7. The molecule has 0 amide bonds. The van der Waals surface area contributed by atoms with E-state index < -0.39 is 0 Å². The molecule has 2 aliphatic rings. The Morgan fingerprint density at radius 1 is 0.950 bits per heavy atom. The molecule has 6 rings (SSSR count). The molecule has 2 heterocycles. The minimum atomic E-state index is 0.242. The molecule has 206 valence electrons. The van der Waals surface area contributed by atoms with Crippen LogP contribution in [0.4, 0.5) is 0 Å². The third kappa shape index (κ3) is 4.88. The molecule has 4 aromatic rings. The van der Waals surface area contributed by atoms with Crippen LogP contribution in [0, 0.1) is 17.2 Å². The average molecular weight is 530 g/mol. The number of piperidine rings is 1. The van der Waals surface area contributed by atoms with Gasteiger partial charge in [-0.1, -0.05) is 56.2 Å². The molecule has 0 unspecified atom stereocenters. The molecule has 1 aliphatic heterocycles. The summed E-state index contributed by atoms with van der Waals surface area (Å²) in [5.74, 6) is 1.19. The zero-order valence-electron chi connectivity index (χ0n) is 24.7. The van der Waals surface area contributed by atoms with Crippen molar-refractivity contribution in [3.05, 3.63) is 83.0 Å². The summed E-state index contributed by atoms with van der Waals surface area (Å²) < 4.78 is 0. The number of benzene rings is 3. The van der Waals surface area contributed by atoms with Gasteiger partial charge in [-0.2, -0.15) is 5.26 Å². The van der Waals surface area contributed by atoms with Gasteiger partial charge in [-0.15, -0.1) is 0 Å². The Hall–Kier alpha value is -3.35. The number of aromatic nitrogens is 1. The van der Waals surface area contributed by atoms with Crippen LogP contribution in [-0.2, 0) is 0 Å². The van der Waals surface area contributed by atoms with Crippen molar-refractivity contribution in [2.24, 2.45) is 5.92 Å². The lowest BCUT2D eigenvalue weighted by molar-refractivity contribution is 0.102. The number of nitrogens with zero attached hydrogens (tertiary/aromatic N) is 2. The first-order valence-corrected chi connectivity index (χ1v) is 15.4. The van der Waals surface area contributed by atoms with Crippen molar-refractivity contribution in [2.45, 2.75) is 84.1 Å². The van der Waals surface area contributed by atoms with Gasteiger partial charge in [-0.05, 0) is 129 Å². The van der Waals surface area contributed by atoms with Gasteiger partial charge in [0.2, 0.25) is 0 Å². The Morgan fingerprint density at radius 3 is 2.38 bits per heavy atom. The summed E-state index contributed by atoms with van der Waals surface area (Å²) in [5.41, 5.74) is 9.47. The van der Waals surface area contributed by atoms with Gasteiger partial charge in [-0.25, -0.2) is 0 Å². The third-order valence-corrected chi connectivity index (χ3v) is 9.62. The first-order chi connectivity index (χ1) is 19.4. The molecule has 2 fully saturated rings. The number of aromatic amines is 1. The topological polar surface area (TPSA) is 42.8 Å². The van der Waals surface area contributed by atoms with Crippen LogP contribution in [-0.4, -0.2) is 28.5 Å². The number of likely N-dealkylation sites (tertiary alicyclic amines) is 1. The number of nitriles is 1. The lowest BCUT2D eigenvalue weighted by atomic mass is 9.72. The summed E-state index contributed by atoms with van der Waals surface area (Å²) >= 11 is 0. The fraction of sp³-hybridized carbons (Fsp3) is 0.432. The first-order valence-electron chi connectivity index (χ1n) is 15.4. The maximum Gasteiger partial charge on any atom is 0.0998 e. The quantitative estimate of drug-likeness (QED) is 0.253. The van der Waals surface area contributed by atoms with E-state index in [-0.39, 0.29) is 5.54 Å². The Kier molecular flexibility index (Phi) is 7.32. The molecule has 1 saturated carbocycles. The second kappa shape index (κ2) is 10.9. The first kappa shape index (κ1) is 26.9. The maximum atomic E-state index is 9.80. The Bertz CT molecular complexity index is 1590. The predicted molar refractivity (Wildman–Crippen MR) is 169 cm³/mol. The van der Waals surface area contributed by atoms with Crippen LogP contribution in [0.1, 0.15) is 101 Å². The molecular weight excluding hydrogens is 486 g/mol. The van der Waals surface area contributed by atoms with Crippen molar-refractivity contribution in [1.82, 2.24) is 9.88 Å². The van der Waals surface area contributed by atoms with Crippen molar-refractivity contribution >= 4 is 32.8 Å². The van der Waals surface area contributed by atoms with Gasteiger partial charge >= 0.3 is 0 Å². The molecule has 3 aromatic carbocycles. The molecule has 3 nitrogen and oxygen atoms in total. The van der Waals surface area contributed by atoms with E-state index in [1.54, 1.807) is 0 Å². The van der Waals surface area contributed by atoms with Crippen molar-refractivity contribution in [2.75, 3.05) is 13.1 Å². The van der Waals surface area contributed by atoms with Gasteiger partial charge < -0.3 is 4.98 Å². The molecule has 0 spiro atoms. The van der Waals surface area contributed by atoms with Crippen LogP contribution in [0.15, 0.2) is 60.8 Å². The van der Waals surface area contributed by atoms with Crippen molar-refractivity contribution in [1.29, 1.82) is 5.26 Å². The normalized spacial score (nSPS) is 18.1. The third-order valence-electron chi connectivity index (χ3n) is 9.62. The highest BCUT2D eigenvalue weighted by atomic mass is 15.2.